The van der Waals surface area contributed by atoms with E-state index in [1.165, 1.54) is 29.5 Å². The number of fused-ring (bicyclic) bond motifs is 1. The Hall–Kier alpha value is -2.30. The first-order valence-corrected chi connectivity index (χ1v) is 8.14. The van der Waals surface area contributed by atoms with Crippen LogP contribution in [-0.2, 0) is 20.0 Å². The van der Waals surface area contributed by atoms with Crippen molar-refractivity contribution < 1.29 is 0 Å². The number of hydrogen-bond donors (Lipinski definition) is 1. The van der Waals surface area contributed by atoms with Gasteiger partial charge in [0, 0.05) is 51.9 Å². The van der Waals surface area contributed by atoms with Gasteiger partial charge in [-0.25, -0.2) is 0 Å². The van der Waals surface area contributed by atoms with E-state index in [9.17, 15) is 0 Å². The molecular weight excluding hydrogens is 286 g/mol. The quantitative estimate of drug-likeness (QED) is 0.695. The highest BCUT2D eigenvalue weighted by Gasteiger charge is 2.22. The number of hydrogen-bond acceptors (Lipinski definition) is 2. The van der Waals surface area contributed by atoms with Gasteiger partial charge in [0.15, 0.2) is 5.96 Å². The molecule has 0 saturated heterocycles. The minimum absolute atomic E-state index is 0.578. The molecule has 0 saturated carbocycles. The average molecular weight is 311 g/mol. The molecule has 1 unspecified atom stereocenters. The van der Waals surface area contributed by atoms with Gasteiger partial charge in [-0.2, -0.15) is 5.10 Å². The Morgan fingerprint density at radius 3 is 3.00 bits per heavy atom. The Morgan fingerprint density at radius 1 is 1.43 bits per heavy atom. The number of rotatable bonds is 4. The van der Waals surface area contributed by atoms with E-state index in [-0.39, 0.29) is 0 Å². The van der Waals surface area contributed by atoms with Crippen molar-refractivity contribution in [2.75, 3.05) is 20.6 Å². The smallest absolute Gasteiger partial charge is 0.193 e. The van der Waals surface area contributed by atoms with Gasteiger partial charge in [-0.15, -0.1) is 0 Å². The normalized spacial score (nSPS) is 17.2. The number of nitrogens with one attached hydrogen (secondary N) is 1. The van der Waals surface area contributed by atoms with Gasteiger partial charge in [0.2, 0.25) is 0 Å². The number of benzene rings is 1. The van der Waals surface area contributed by atoms with Crippen LogP contribution in [0.15, 0.2) is 41.7 Å². The van der Waals surface area contributed by atoms with E-state index in [1.54, 1.807) is 0 Å². The summed E-state index contributed by atoms with van der Waals surface area (Å²) in [6.07, 6.45) is 6.34. The van der Waals surface area contributed by atoms with E-state index < -0.39 is 0 Å². The zero-order valence-corrected chi connectivity index (χ0v) is 14.2. The Kier molecular flexibility index (Phi) is 4.65. The van der Waals surface area contributed by atoms with E-state index >= 15 is 0 Å². The maximum Gasteiger partial charge on any atom is 0.193 e. The van der Waals surface area contributed by atoms with Crippen molar-refractivity contribution in [1.29, 1.82) is 0 Å². The van der Waals surface area contributed by atoms with Crippen LogP contribution in [0, 0.1) is 0 Å². The van der Waals surface area contributed by atoms with Crippen molar-refractivity contribution in [3.8, 4) is 0 Å². The summed E-state index contributed by atoms with van der Waals surface area (Å²) in [6.45, 7) is 1.73. The number of nitrogens with zero attached hydrogens (tertiary/aromatic N) is 4. The second-order valence-electron chi connectivity index (χ2n) is 6.24. The molecule has 1 heterocycles. The van der Waals surface area contributed by atoms with Crippen LogP contribution in [0.25, 0.3) is 0 Å². The van der Waals surface area contributed by atoms with Crippen LogP contribution < -0.4 is 5.32 Å². The summed E-state index contributed by atoms with van der Waals surface area (Å²) >= 11 is 0. The van der Waals surface area contributed by atoms with Gasteiger partial charge in [0.25, 0.3) is 0 Å². The second-order valence-corrected chi connectivity index (χ2v) is 6.24. The summed E-state index contributed by atoms with van der Waals surface area (Å²) in [6, 6.07) is 8.78. The first kappa shape index (κ1) is 15.6. The number of aromatic nitrogens is 2. The SMILES string of the molecule is CN=C(NCC1CCc2ccccc21)N(C)Cc1cnn(C)c1. The lowest BCUT2D eigenvalue weighted by Crippen LogP contribution is -2.40. The van der Waals surface area contributed by atoms with Crippen LogP contribution in [0.4, 0.5) is 0 Å². The molecule has 1 atom stereocenters. The molecule has 23 heavy (non-hydrogen) atoms. The van der Waals surface area contributed by atoms with Crippen molar-refractivity contribution >= 4 is 5.96 Å². The topological polar surface area (TPSA) is 45.5 Å². The predicted octanol–water partition coefficient (Wildman–Crippen LogP) is 2.16. The Balaban J connectivity index is 1.58. The highest BCUT2D eigenvalue weighted by Crippen LogP contribution is 2.32. The molecule has 1 aliphatic carbocycles. The Bertz CT molecular complexity index is 688. The van der Waals surface area contributed by atoms with Crippen molar-refractivity contribution in [3.05, 3.63) is 53.3 Å². The van der Waals surface area contributed by atoms with Crippen LogP contribution >= 0.6 is 0 Å². The van der Waals surface area contributed by atoms with Crippen molar-refractivity contribution in [1.82, 2.24) is 20.0 Å². The molecule has 122 valence electrons. The molecule has 1 aliphatic rings. The lowest BCUT2D eigenvalue weighted by molar-refractivity contribution is 0.471. The minimum Gasteiger partial charge on any atom is -0.356 e. The lowest BCUT2D eigenvalue weighted by Gasteiger charge is -2.23. The maximum atomic E-state index is 4.41. The van der Waals surface area contributed by atoms with E-state index in [1.807, 2.05) is 31.2 Å². The first-order valence-electron chi connectivity index (χ1n) is 8.14. The largest absolute Gasteiger partial charge is 0.356 e. The van der Waals surface area contributed by atoms with Gasteiger partial charge < -0.3 is 10.2 Å². The average Bonchev–Trinajstić information content (AvgIpc) is 3.14. The second kappa shape index (κ2) is 6.86. The zero-order valence-electron chi connectivity index (χ0n) is 14.2. The summed E-state index contributed by atoms with van der Waals surface area (Å²) < 4.78 is 1.83. The fraction of sp³-hybridized carbons (Fsp3) is 0.444. The summed E-state index contributed by atoms with van der Waals surface area (Å²) in [5, 5.41) is 7.75. The fourth-order valence-electron chi connectivity index (χ4n) is 3.36. The predicted molar refractivity (Wildman–Crippen MR) is 93.5 cm³/mol. The first-order chi connectivity index (χ1) is 11.2. The fourth-order valence-corrected chi connectivity index (χ4v) is 3.36. The van der Waals surface area contributed by atoms with E-state index in [0.717, 1.165) is 19.0 Å². The molecule has 1 aromatic carbocycles. The highest BCUT2D eigenvalue weighted by molar-refractivity contribution is 5.79. The molecule has 0 aliphatic heterocycles. The third-order valence-electron chi connectivity index (χ3n) is 4.52. The summed E-state index contributed by atoms with van der Waals surface area (Å²) in [4.78, 5) is 6.55. The van der Waals surface area contributed by atoms with Crippen molar-refractivity contribution in [3.63, 3.8) is 0 Å². The van der Waals surface area contributed by atoms with Crippen LogP contribution in [0.1, 0.15) is 29.0 Å². The Morgan fingerprint density at radius 2 is 2.26 bits per heavy atom. The van der Waals surface area contributed by atoms with Gasteiger partial charge in [-0.1, -0.05) is 24.3 Å². The van der Waals surface area contributed by atoms with Gasteiger partial charge in [-0.3, -0.25) is 9.67 Å². The molecule has 0 radical (unpaired) electrons. The van der Waals surface area contributed by atoms with Crippen LogP contribution in [0.3, 0.4) is 0 Å². The van der Waals surface area contributed by atoms with Crippen LogP contribution in [-0.4, -0.2) is 41.3 Å². The number of guanidine groups is 1. The highest BCUT2D eigenvalue weighted by atomic mass is 15.3. The van der Waals surface area contributed by atoms with Gasteiger partial charge in [-0.05, 0) is 24.0 Å². The molecule has 2 aromatic rings. The summed E-state index contributed by atoms with van der Waals surface area (Å²) in [5.74, 6) is 1.51. The van der Waals surface area contributed by atoms with Gasteiger partial charge in [0.1, 0.15) is 0 Å². The molecule has 5 heteroatoms. The van der Waals surface area contributed by atoms with E-state index in [4.69, 9.17) is 0 Å². The Labute approximate surface area is 138 Å². The molecule has 3 rings (SSSR count). The molecule has 0 bridgehead atoms. The third-order valence-corrected chi connectivity index (χ3v) is 4.52. The molecule has 0 spiro atoms. The van der Waals surface area contributed by atoms with Gasteiger partial charge >= 0.3 is 0 Å². The zero-order chi connectivity index (χ0) is 16.2. The standard InChI is InChI=1S/C18H25N5/c1-19-18(22(2)12-14-10-21-23(3)13-14)20-11-16-9-8-15-6-4-5-7-17(15)16/h4-7,10,13,16H,8-9,11-12H2,1-3H3,(H,19,20). The van der Waals surface area contributed by atoms with E-state index in [2.05, 4.69) is 51.6 Å². The maximum absolute atomic E-state index is 4.41. The summed E-state index contributed by atoms with van der Waals surface area (Å²) in [7, 11) is 5.84. The molecule has 0 fully saturated rings. The molecule has 5 nitrogen and oxygen atoms in total. The van der Waals surface area contributed by atoms with Crippen LogP contribution in [0.2, 0.25) is 0 Å². The third kappa shape index (κ3) is 3.55. The minimum atomic E-state index is 0.578. The number of aryl methyl sites for hydroxylation is 2. The van der Waals surface area contributed by atoms with Crippen molar-refractivity contribution in [2.45, 2.75) is 25.3 Å². The molecule has 1 N–H and O–H groups in total. The number of aliphatic imine (C=N–C) groups is 1. The summed E-state index contributed by atoms with van der Waals surface area (Å²) in [5.41, 5.74) is 4.17. The van der Waals surface area contributed by atoms with Crippen molar-refractivity contribution in [2.24, 2.45) is 12.0 Å². The molecular formula is C18H25N5. The van der Waals surface area contributed by atoms with E-state index in [0.29, 0.717) is 5.92 Å². The monoisotopic (exact) mass is 311 g/mol. The lowest BCUT2D eigenvalue weighted by atomic mass is 10.0. The van der Waals surface area contributed by atoms with Crippen LogP contribution in [0.5, 0.6) is 0 Å². The van der Waals surface area contributed by atoms with Gasteiger partial charge in [0.05, 0.1) is 6.20 Å². The molecule has 1 aromatic heterocycles. The molecule has 0 amide bonds.